The Kier molecular flexibility index (Phi) is 8.07. The van der Waals surface area contributed by atoms with E-state index >= 15 is 0 Å². The maximum Gasteiger partial charge on any atom is 0.220 e. The highest BCUT2D eigenvalue weighted by atomic mass is 16.1. The summed E-state index contributed by atoms with van der Waals surface area (Å²) in [6, 6.07) is 0. The van der Waals surface area contributed by atoms with E-state index in [1.165, 1.54) is 25.9 Å². The van der Waals surface area contributed by atoms with Crippen molar-refractivity contribution in [2.24, 2.45) is 17.6 Å². The van der Waals surface area contributed by atoms with Gasteiger partial charge in [0.2, 0.25) is 5.91 Å². The molecule has 0 aliphatic carbocycles. The lowest BCUT2D eigenvalue weighted by Gasteiger charge is -2.30. The normalized spacial score (nSPS) is 19.3. The summed E-state index contributed by atoms with van der Waals surface area (Å²) in [6.45, 7) is 9.38. The van der Waals surface area contributed by atoms with Crippen LogP contribution in [0.15, 0.2) is 0 Å². The van der Waals surface area contributed by atoms with Crippen molar-refractivity contribution in [3.8, 4) is 0 Å². The Morgan fingerprint density at radius 2 is 2.11 bits per heavy atom. The number of piperidine rings is 1. The second-order valence-corrected chi connectivity index (χ2v) is 5.94. The molecule has 1 unspecified atom stereocenters. The van der Waals surface area contributed by atoms with E-state index in [1.807, 2.05) is 0 Å². The number of nitrogens with one attached hydrogen (secondary N) is 1. The molecule has 1 aliphatic heterocycles. The lowest BCUT2D eigenvalue weighted by atomic mass is 9.99. The van der Waals surface area contributed by atoms with Crippen molar-refractivity contribution < 1.29 is 4.79 Å². The standard InChI is InChI=1S/C15H31N3O/c1-3-14(12-16)11-15(19)17-7-4-8-18-9-5-13(2)6-10-18/h13-14H,3-12,16H2,1-2H3,(H,17,19). The van der Waals surface area contributed by atoms with Gasteiger partial charge in [-0.3, -0.25) is 4.79 Å². The molecule has 3 N–H and O–H groups in total. The third-order valence-corrected chi connectivity index (χ3v) is 4.23. The van der Waals surface area contributed by atoms with Crippen LogP contribution < -0.4 is 11.1 Å². The van der Waals surface area contributed by atoms with Crippen LogP contribution in [-0.4, -0.2) is 43.5 Å². The Morgan fingerprint density at radius 3 is 2.68 bits per heavy atom. The van der Waals surface area contributed by atoms with Crippen molar-refractivity contribution in [3.05, 3.63) is 0 Å². The Balaban J connectivity index is 2.02. The Labute approximate surface area is 118 Å². The lowest BCUT2D eigenvalue weighted by molar-refractivity contribution is -0.122. The average molecular weight is 269 g/mol. The molecule has 0 aromatic heterocycles. The van der Waals surface area contributed by atoms with Crippen molar-refractivity contribution in [2.75, 3.05) is 32.7 Å². The number of likely N-dealkylation sites (tertiary alicyclic amines) is 1. The first kappa shape index (κ1) is 16.4. The van der Waals surface area contributed by atoms with Crippen molar-refractivity contribution >= 4 is 5.91 Å². The summed E-state index contributed by atoms with van der Waals surface area (Å²) in [5, 5.41) is 3.01. The van der Waals surface area contributed by atoms with Gasteiger partial charge in [-0.15, -0.1) is 0 Å². The van der Waals surface area contributed by atoms with Crippen molar-refractivity contribution in [1.82, 2.24) is 10.2 Å². The van der Waals surface area contributed by atoms with Crippen molar-refractivity contribution in [3.63, 3.8) is 0 Å². The van der Waals surface area contributed by atoms with Crippen LogP contribution in [0.25, 0.3) is 0 Å². The molecule has 0 aromatic carbocycles. The Bertz CT molecular complexity index is 246. The van der Waals surface area contributed by atoms with E-state index < -0.39 is 0 Å². The molecule has 1 amide bonds. The first-order valence-corrected chi connectivity index (χ1v) is 7.84. The van der Waals surface area contributed by atoms with E-state index in [2.05, 4.69) is 24.1 Å². The smallest absolute Gasteiger partial charge is 0.220 e. The highest BCUT2D eigenvalue weighted by Gasteiger charge is 2.15. The van der Waals surface area contributed by atoms with Gasteiger partial charge >= 0.3 is 0 Å². The van der Waals surface area contributed by atoms with E-state index in [4.69, 9.17) is 5.73 Å². The zero-order valence-electron chi connectivity index (χ0n) is 12.7. The largest absolute Gasteiger partial charge is 0.356 e. The van der Waals surface area contributed by atoms with Crippen LogP contribution in [0.3, 0.4) is 0 Å². The third-order valence-electron chi connectivity index (χ3n) is 4.23. The number of carbonyl (C=O) groups is 1. The second kappa shape index (κ2) is 9.32. The Hall–Kier alpha value is -0.610. The molecule has 19 heavy (non-hydrogen) atoms. The molecule has 0 radical (unpaired) electrons. The molecule has 112 valence electrons. The topological polar surface area (TPSA) is 58.4 Å². The van der Waals surface area contributed by atoms with Gasteiger partial charge in [0.15, 0.2) is 0 Å². The molecule has 1 rings (SSSR count). The first-order chi connectivity index (χ1) is 9.15. The minimum Gasteiger partial charge on any atom is -0.356 e. The fourth-order valence-corrected chi connectivity index (χ4v) is 2.54. The maximum absolute atomic E-state index is 11.7. The molecule has 0 bridgehead atoms. The van der Waals surface area contributed by atoms with E-state index in [0.29, 0.717) is 18.9 Å². The molecule has 0 saturated carbocycles. The predicted molar refractivity (Wildman–Crippen MR) is 79.9 cm³/mol. The SMILES string of the molecule is CCC(CN)CC(=O)NCCCN1CCC(C)CC1. The summed E-state index contributed by atoms with van der Waals surface area (Å²) in [5.41, 5.74) is 5.61. The molecule has 4 heteroatoms. The molecular weight excluding hydrogens is 238 g/mol. The number of hydrogen-bond acceptors (Lipinski definition) is 3. The Morgan fingerprint density at radius 1 is 1.42 bits per heavy atom. The van der Waals surface area contributed by atoms with Crippen molar-refractivity contribution in [1.29, 1.82) is 0 Å². The number of amides is 1. The fourth-order valence-electron chi connectivity index (χ4n) is 2.54. The fraction of sp³-hybridized carbons (Fsp3) is 0.933. The summed E-state index contributed by atoms with van der Waals surface area (Å²) < 4.78 is 0. The van der Waals surface area contributed by atoms with Gasteiger partial charge in [-0.25, -0.2) is 0 Å². The number of rotatable bonds is 8. The molecule has 0 spiro atoms. The number of hydrogen-bond donors (Lipinski definition) is 2. The lowest BCUT2D eigenvalue weighted by Crippen LogP contribution is -2.35. The predicted octanol–water partition coefficient (Wildman–Crippen LogP) is 1.60. The van der Waals surface area contributed by atoms with Gasteiger partial charge in [0.25, 0.3) is 0 Å². The zero-order chi connectivity index (χ0) is 14.1. The summed E-state index contributed by atoms with van der Waals surface area (Å²) in [5.74, 6) is 1.38. The van der Waals surface area contributed by atoms with Crippen LogP contribution in [0.2, 0.25) is 0 Å². The van der Waals surface area contributed by atoms with Crippen LogP contribution >= 0.6 is 0 Å². The summed E-state index contributed by atoms with van der Waals surface area (Å²) in [7, 11) is 0. The highest BCUT2D eigenvalue weighted by molar-refractivity contribution is 5.76. The van der Waals surface area contributed by atoms with Gasteiger partial charge in [0, 0.05) is 13.0 Å². The summed E-state index contributed by atoms with van der Waals surface area (Å²) in [4.78, 5) is 14.2. The molecule has 1 heterocycles. The third kappa shape index (κ3) is 6.92. The minimum atomic E-state index is 0.157. The van der Waals surface area contributed by atoms with Crippen LogP contribution in [0.5, 0.6) is 0 Å². The van der Waals surface area contributed by atoms with E-state index in [9.17, 15) is 4.79 Å². The van der Waals surface area contributed by atoms with Gasteiger partial charge < -0.3 is 16.0 Å². The van der Waals surface area contributed by atoms with Crippen LogP contribution in [-0.2, 0) is 4.79 Å². The second-order valence-electron chi connectivity index (χ2n) is 5.94. The van der Waals surface area contributed by atoms with Gasteiger partial charge in [0.1, 0.15) is 0 Å². The number of nitrogens with two attached hydrogens (primary N) is 1. The highest BCUT2D eigenvalue weighted by Crippen LogP contribution is 2.15. The first-order valence-electron chi connectivity index (χ1n) is 7.84. The molecule has 1 aliphatic rings. The summed E-state index contributed by atoms with van der Waals surface area (Å²) >= 11 is 0. The molecule has 4 nitrogen and oxygen atoms in total. The van der Waals surface area contributed by atoms with E-state index in [0.717, 1.165) is 31.8 Å². The molecule has 0 aromatic rings. The van der Waals surface area contributed by atoms with Gasteiger partial charge in [0.05, 0.1) is 0 Å². The number of nitrogens with zero attached hydrogens (tertiary/aromatic N) is 1. The van der Waals surface area contributed by atoms with Gasteiger partial charge in [-0.2, -0.15) is 0 Å². The van der Waals surface area contributed by atoms with E-state index in [-0.39, 0.29) is 5.91 Å². The molecule has 1 fully saturated rings. The monoisotopic (exact) mass is 269 g/mol. The molecule has 1 saturated heterocycles. The quantitative estimate of drug-likeness (QED) is 0.658. The number of carbonyl (C=O) groups excluding carboxylic acids is 1. The van der Waals surface area contributed by atoms with Gasteiger partial charge in [-0.1, -0.05) is 20.3 Å². The van der Waals surface area contributed by atoms with Crippen molar-refractivity contribution in [2.45, 2.75) is 46.0 Å². The summed E-state index contributed by atoms with van der Waals surface area (Å²) in [6.07, 6.45) is 5.26. The van der Waals surface area contributed by atoms with E-state index in [1.54, 1.807) is 0 Å². The molecule has 1 atom stereocenters. The maximum atomic E-state index is 11.7. The molecular formula is C15H31N3O. The van der Waals surface area contributed by atoms with Crippen LogP contribution in [0.1, 0.15) is 46.0 Å². The minimum absolute atomic E-state index is 0.157. The zero-order valence-corrected chi connectivity index (χ0v) is 12.7. The van der Waals surface area contributed by atoms with Gasteiger partial charge in [-0.05, 0) is 57.3 Å². The van der Waals surface area contributed by atoms with Crippen LogP contribution in [0, 0.1) is 11.8 Å². The average Bonchev–Trinajstić information content (AvgIpc) is 2.43. The van der Waals surface area contributed by atoms with Crippen LogP contribution in [0.4, 0.5) is 0 Å².